The molecule has 1 aromatic carbocycles. The quantitative estimate of drug-likeness (QED) is 0.341. The van der Waals surface area contributed by atoms with Crippen molar-refractivity contribution in [1.29, 1.82) is 0 Å². The summed E-state index contributed by atoms with van der Waals surface area (Å²) in [5.41, 5.74) is -1.61. The van der Waals surface area contributed by atoms with E-state index in [2.05, 4.69) is 0 Å². The SMILES string of the molecule is CCCCOC(=O)c1ccccc1NC(F)(C(F)(F)F)C(F)(F)F. The zero-order chi connectivity index (χ0) is 18.6. The van der Waals surface area contributed by atoms with E-state index >= 15 is 0 Å². The van der Waals surface area contributed by atoms with Crippen molar-refractivity contribution >= 4 is 11.7 Å². The van der Waals surface area contributed by atoms with Gasteiger partial charge >= 0.3 is 24.1 Å². The number of benzene rings is 1. The maximum absolute atomic E-state index is 13.7. The summed E-state index contributed by atoms with van der Waals surface area (Å²) in [5, 5.41) is 0.758. The molecule has 10 heteroatoms. The van der Waals surface area contributed by atoms with E-state index in [-0.39, 0.29) is 6.61 Å². The standard InChI is InChI=1S/C14H14F7NO2/c1-2-3-8-24-11(23)9-6-4-5-7-10(9)22-12(15,13(16,17)18)14(19,20)21/h4-7,22H,2-3,8H2,1H3. The van der Waals surface area contributed by atoms with Gasteiger partial charge in [0.05, 0.1) is 17.9 Å². The molecule has 0 heterocycles. The number of anilines is 1. The number of esters is 1. The number of carbonyl (C=O) groups is 1. The van der Waals surface area contributed by atoms with Gasteiger partial charge in [-0.1, -0.05) is 25.5 Å². The molecule has 0 amide bonds. The summed E-state index contributed by atoms with van der Waals surface area (Å²) in [5.74, 6) is -6.86. The zero-order valence-corrected chi connectivity index (χ0v) is 12.4. The monoisotopic (exact) mass is 361 g/mol. The van der Waals surface area contributed by atoms with Crippen molar-refractivity contribution in [3.8, 4) is 0 Å². The number of alkyl halides is 7. The van der Waals surface area contributed by atoms with Crippen molar-refractivity contribution in [1.82, 2.24) is 0 Å². The smallest absolute Gasteiger partial charge is 0.451 e. The van der Waals surface area contributed by atoms with E-state index in [1.807, 2.05) is 0 Å². The van der Waals surface area contributed by atoms with E-state index in [0.717, 1.165) is 23.5 Å². The van der Waals surface area contributed by atoms with Crippen LogP contribution in [0.15, 0.2) is 24.3 Å². The van der Waals surface area contributed by atoms with Crippen molar-refractivity contribution < 1.29 is 40.3 Å². The molecule has 136 valence electrons. The van der Waals surface area contributed by atoms with Gasteiger partial charge in [-0.3, -0.25) is 0 Å². The fraction of sp³-hybridized carbons (Fsp3) is 0.500. The van der Waals surface area contributed by atoms with Crippen LogP contribution in [-0.2, 0) is 4.74 Å². The molecule has 0 saturated carbocycles. The fourth-order valence-electron chi connectivity index (χ4n) is 1.65. The second-order valence-electron chi connectivity index (χ2n) is 4.81. The first kappa shape index (κ1) is 20.0. The number of ether oxygens (including phenoxy) is 1. The van der Waals surface area contributed by atoms with Gasteiger partial charge in [-0.05, 0) is 18.6 Å². The molecular formula is C14H14F7NO2. The van der Waals surface area contributed by atoms with Gasteiger partial charge in [-0.25, -0.2) is 4.79 Å². The number of hydrogen-bond acceptors (Lipinski definition) is 3. The molecule has 0 aromatic heterocycles. The van der Waals surface area contributed by atoms with Gasteiger partial charge in [0, 0.05) is 0 Å². The molecule has 0 spiro atoms. The van der Waals surface area contributed by atoms with E-state index in [1.54, 1.807) is 6.92 Å². The van der Waals surface area contributed by atoms with Crippen molar-refractivity contribution in [3.63, 3.8) is 0 Å². The van der Waals surface area contributed by atoms with Gasteiger partial charge in [-0.15, -0.1) is 0 Å². The summed E-state index contributed by atoms with van der Waals surface area (Å²) in [6.45, 7) is 1.72. The predicted molar refractivity (Wildman–Crippen MR) is 71.2 cm³/mol. The van der Waals surface area contributed by atoms with Crippen LogP contribution in [0.4, 0.5) is 36.4 Å². The molecule has 0 fully saturated rings. The number of carbonyl (C=O) groups excluding carboxylic acids is 1. The molecule has 0 bridgehead atoms. The fourth-order valence-corrected chi connectivity index (χ4v) is 1.65. The Morgan fingerprint density at radius 1 is 1.04 bits per heavy atom. The molecule has 1 N–H and O–H groups in total. The molecular weight excluding hydrogens is 347 g/mol. The van der Waals surface area contributed by atoms with Gasteiger partial charge in [0.2, 0.25) is 0 Å². The molecule has 1 aromatic rings. The molecule has 0 aliphatic rings. The Labute approximate surface area is 132 Å². The van der Waals surface area contributed by atoms with Crippen LogP contribution in [0.25, 0.3) is 0 Å². The maximum atomic E-state index is 13.7. The summed E-state index contributed by atoms with van der Waals surface area (Å²) < 4.78 is 94.0. The lowest BCUT2D eigenvalue weighted by molar-refractivity contribution is -0.330. The third kappa shape index (κ3) is 4.30. The van der Waals surface area contributed by atoms with E-state index in [9.17, 15) is 35.5 Å². The van der Waals surface area contributed by atoms with Gasteiger partial charge in [-0.2, -0.15) is 30.7 Å². The molecule has 0 aliphatic carbocycles. The van der Waals surface area contributed by atoms with Crippen LogP contribution in [-0.4, -0.2) is 30.7 Å². The van der Waals surface area contributed by atoms with Crippen LogP contribution < -0.4 is 5.32 Å². The Morgan fingerprint density at radius 2 is 1.58 bits per heavy atom. The molecule has 0 unspecified atom stereocenters. The van der Waals surface area contributed by atoms with Crippen LogP contribution in [0.1, 0.15) is 30.1 Å². The highest BCUT2D eigenvalue weighted by molar-refractivity contribution is 5.95. The lowest BCUT2D eigenvalue weighted by Crippen LogP contribution is -2.59. The number of halogens is 7. The highest BCUT2D eigenvalue weighted by Gasteiger charge is 2.73. The number of unbranched alkanes of at least 4 members (excludes halogenated alkanes) is 1. The largest absolute Gasteiger partial charge is 0.462 e. The van der Waals surface area contributed by atoms with Crippen LogP contribution >= 0.6 is 0 Å². The maximum Gasteiger partial charge on any atom is 0.451 e. The summed E-state index contributed by atoms with van der Waals surface area (Å²) in [6.07, 6.45) is -11.5. The Hall–Kier alpha value is -2.00. The van der Waals surface area contributed by atoms with Gasteiger partial charge in [0.1, 0.15) is 0 Å². The highest BCUT2D eigenvalue weighted by Crippen LogP contribution is 2.46. The molecule has 3 nitrogen and oxygen atoms in total. The van der Waals surface area contributed by atoms with E-state index in [4.69, 9.17) is 4.74 Å². The summed E-state index contributed by atoms with van der Waals surface area (Å²) in [4.78, 5) is 11.8. The average Bonchev–Trinajstić information content (AvgIpc) is 2.45. The normalized spacial score (nSPS) is 12.8. The highest BCUT2D eigenvalue weighted by atomic mass is 19.4. The lowest BCUT2D eigenvalue weighted by Gasteiger charge is -2.31. The Bertz CT molecular complexity index is 555. The van der Waals surface area contributed by atoms with E-state index in [0.29, 0.717) is 12.8 Å². The number of hydrogen-bond donors (Lipinski definition) is 1. The van der Waals surface area contributed by atoms with Gasteiger partial charge in [0.25, 0.3) is 0 Å². The molecule has 24 heavy (non-hydrogen) atoms. The van der Waals surface area contributed by atoms with Crippen LogP contribution in [0, 0.1) is 0 Å². The topological polar surface area (TPSA) is 38.3 Å². The average molecular weight is 361 g/mol. The van der Waals surface area contributed by atoms with Crippen LogP contribution in [0.5, 0.6) is 0 Å². The van der Waals surface area contributed by atoms with E-state index < -0.39 is 35.4 Å². The van der Waals surface area contributed by atoms with Crippen molar-refractivity contribution in [3.05, 3.63) is 29.8 Å². The number of rotatable bonds is 6. The van der Waals surface area contributed by atoms with E-state index in [1.165, 1.54) is 6.07 Å². The van der Waals surface area contributed by atoms with Crippen molar-refractivity contribution in [2.45, 2.75) is 37.9 Å². The number of nitrogens with one attached hydrogen (secondary N) is 1. The summed E-state index contributed by atoms with van der Waals surface area (Å²) >= 11 is 0. The predicted octanol–water partition coefficient (Wildman–Crippen LogP) is 4.85. The molecule has 0 radical (unpaired) electrons. The molecule has 1 rings (SSSR count). The third-order valence-electron chi connectivity index (χ3n) is 2.97. The first-order valence-corrected chi connectivity index (χ1v) is 6.80. The minimum absolute atomic E-state index is 0.0665. The van der Waals surface area contributed by atoms with Crippen molar-refractivity contribution in [2.24, 2.45) is 0 Å². The van der Waals surface area contributed by atoms with Crippen LogP contribution in [0.2, 0.25) is 0 Å². The Morgan fingerprint density at radius 3 is 2.08 bits per heavy atom. The first-order chi connectivity index (χ1) is 10.9. The molecule has 0 aliphatic heterocycles. The summed E-state index contributed by atoms with van der Waals surface area (Å²) in [6, 6.07) is 3.91. The minimum atomic E-state index is -6.29. The van der Waals surface area contributed by atoms with Gasteiger partial charge < -0.3 is 10.1 Å². The lowest BCUT2D eigenvalue weighted by atomic mass is 10.1. The molecule has 0 saturated heterocycles. The molecule has 0 atom stereocenters. The van der Waals surface area contributed by atoms with Gasteiger partial charge in [0.15, 0.2) is 0 Å². The Kier molecular flexibility index (Phi) is 6.07. The first-order valence-electron chi connectivity index (χ1n) is 6.80. The number of para-hydroxylation sites is 1. The van der Waals surface area contributed by atoms with Crippen LogP contribution in [0.3, 0.4) is 0 Å². The minimum Gasteiger partial charge on any atom is -0.462 e. The zero-order valence-electron chi connectivity index (χ0n) is 12.4. The Balaban J connectivity index is 3.16. The summed E-state index contributed by atoms with van der Waals surface area (Å²) in [7, 11) is 0. The second kappa shape index (κ2) is 7.27. The third-order valence-corrected chi connectivity index (χ3v) is 2.97. The second-order valence-corrected chi connectivity index (χ2v) is 4.81. The van der Waals surface area contributed by atoms with Crippen molar-refractivity contribution in [2.75, 3.05) is 11.9 Å².